The van der Waals surface area contributed by atoms with Gasteiger partial charge in [-0.25, -0.2) is 8.78 Å². The standard InChI is InChI=1S/C33H29F2N5O3S/c1-43-15-14-37-18-20-2-9-27(39-19-20)29-17-28-30(44-29)25(10-13-38-28)24-8-7-23(16-26(24)35)40(22-5-3-21(34)4-6-22)32(42)33(11-12-33)31(36)41/h2-10,13,16-17,19,37H,11-12,14-15,18H2,1H3,(H2,36,41). The van der Waals surface area contributed by atoms with Crippen LogP contribution in [0.1, 0.15) is 18.4 Å². The zero-order valence-corrected chi connectivity index (χ0v) is 24.7. The van der Waals surface area contributed by atoms with Gasteiger partial charge in [-0.2, -0.15) is 0 Å². The van der Waals surface area contributed by atoms with E-state index in [1.165, 1.54) is 46.6 Å². The summed E-state index contributed by atoms with van der Waals surface area (Å²) in [4.78, 5) is 37.1. The van der Waals surface area contributed by atoms with Crippen LogP contribution in [0.5, 0.6) is 0 Å². The molecule has 6 rings (SSSR count). The SMILES string of the molecule is COCCNCc1ccc(-c2cc3nccc(-c4ccc(N(C(=O)C5(C(N)=O)CC5)c5ccc(F)cc5)cc4F)c3s2)nc1. The number of nitrogens with two attached hydrogens (primary N) is 1. The van der Waals surface area contributed by atoms with Gasteiger partial charge in [0.25, 0.3) is 0 Å². The van der Waals surface area contributed by atoms with Gasteiger partial charge in [0.05, 0.1) is 33.1 Å². The Kier molecular flexibility index (Phi) is 8.17. The minimum Gasteiger partial charge on any atom is -0.383 e. The van der Waals surface area contributed by atoms with E-state index in [4.69, 9.17) is 10.5 Å². The molecular weight excluding hydrogens is 584 g/mol. The fourth-order valence-electron chi connectivity index (χ4n) is 5.10. The fraction of sp³-hybridized carbons (Fsp3) is 0.212. The van der Waals surface area contributed by atoms with Gasteiger partial charge in [0.2, 0.25) is 11.8 Å². The number of ether oxygens (including phenoxy) is 1. The molecule has 2 aromatic carbocycles. The molecule has 3 aromatic heterocycles. The number of aromatic nitrogens is 2. The Morgan fingerprint density at radius 2 is 1.77 bits per heavy atom. The van der Waals surface area contributed by atoms with Crippen LogP contribution in [0.25, 0.3) is 31.9 Å². The number of nitrogens with one attached hydrogen (secondary N) is 1. The van der Waals surface area contributed by atoms with E-state index in [9.17, 15) is 14.0 Å². The summed E-state index contributed by atoms with van der Waals surface area (Å²) < 4.78 is 35.5. The highest BCUT2D eigenvalue weighted by molar-refractivity contribution is 7.22. The maximum Gasteiger partial charge on any atom is 0.247 e. The van der Waals surface area contributed by atoms with E-state index in [0.717, 1.165) is 27.4 Å². The Hall–Kier alpha value is -4.58. The zero-order valence-electron chi connectivity index (χ0n) is 23.8. The van der Waals surface area contributed by atoms with E-state index in [-0.39, 0.29) is 5.69 Å². The maximum absolute atomic E-state index is 15.9. The average Bonchev–Trinajstić information content (AvgIpc) is 3.73. The summed E-state index contributed by atoms with van der Waals surface area (Å²) in [7, 11) is 1.66. The van der Waals surface area contributed by atoms with Crippen LogP contribution >= 0.6 is 11.3 Å². The highest BCUT2D eigenvalue weighted by atomic mass is 32.1. The number of rotatable bonds is 11. The molecule has 0 radical (unpaired) electrons. The number of fused-ring (bicyclic) bond motifs is 1. The predicted molar refractivity (Wildman–Crippen MR) is 166 cm³/mol. The number of primary amides is 1. The number of anilines is 2. The summed E-state index contributed by atoms with van der Waals surface area (Å²) in [5.41, 5.74) is 8.22. The second-order valence-corrected chi connectivity index (χ2v) is 11.7. The van der Waals surface area contributed by atoms with E-state index in [1.807, 2.05) is 24.4 Å². The fourth-order valence-corrected chi connectivity index (χ4v) is 6.22. The van der Waals surface area contributed by atoms with Gasteiger partial charge >= 0.3 is 0 Å². The molecule has 0 saturated heterocycles. The van der Waals surface area contributed by atoms with Crippen LogP contribution in [0.3, 0.4) is 0 Å². The van der Waals surface area contributed by atoms with Gasteiger partial charge < -0.3 is 15.8 Å². The van der Waals surface area contributed by atoms with E-state index in [2.05, 4.69) is 15.3 Å². The quantitative estimate of drug-likeness (QED) is 0.140. The Morgan fingerprint density at radius 1 is 1.00 bits per heavy atom. The maximum atomic E-state index is 15.9. The molecule has 0 spiro atoms. The molecule has 2 amide bonds. The first-order valence-electron chi connectivity index (χ1n) is 14.0. The molecular formula is C33H29F2N5O3S. The molecule has 224 valence electrons. The molecule has 1 aliphatic rings. The number of methoxy groups -OCH3 is 1. The summed E-state index contributed by atoms with van der Waals surface area (Å²) in [6.45, 7) is 2.06. The monoisotopic (exact) mass is 613 g/mol. The smallest absolute Gasteiger partial charge is 0.247 e. The normalized spacial score (nSPS) is 13.6. The highest BCUT2D eigenvalue weighted by Gasteiger charge is 2.57. The molecule has 0 atom stereocenters. The number of benzene rings is 2. The van der Waals surface area contributed by atoms with Crippen molar-refractivity contribution >= 4 is 44.7 Å². The molecule has 1 fully saturated rings. The van der Waals surface area contributed by atoms with Crippen LogP contribution in [0.2, 0.25) is 0 Å². The summed E-state index contributed by atoms with van der Waals surface area (Å²) in [6, 6.07) is 17.3. The number of hydrogen-bond acceptors (Lipinski definition) is 7. The van der Waals surface area contributed by atoms with E-state index in [0.29, 0.717) is 48.3 Å². The Morgan fingerprint density at radius 3 is 2.43 bits per heavy atom. The van der Waals surface area contributed by atoms with Crippen molar-refractivity contribution in [3.63, 3.8) is 0 Å². The number of halogens is 2. The molecule has 8 nitrogen and oxygen atoms in total. The minimum atomic E-state index is -1.36. The lowest BCUT2D eigenvalue weighted by molar-refractivity contribution is -0.133. The molecule has 0 unspecified atom stereocenters. The van der Waals surface area contributed by atoms with E-state index >= 15 is 4.39 Å². The van der Waals surface area contributed by atoms with Crippen molar-refractivity contribution in [2.45, 2.75) is 19.4 Å². The summed E-state index contributed by atoms with van der Waals surface area (Å²) in [5, 5.41) is 3.29. The van der Waals surface area contributed by atoms with Gasteiger partial charge in [-0.05, 0) is 79.1 Å². The number of pyridine rings is 2. The van der Waals surface area contributed by atoms with Gasteiger partial charge in [0.15, 0.2) is 0 Å². The number of hydrogen-bond donors (Lipinski definition) is 2. The number of amides is 2. The molecule has 0 aliphatic heterocycles. The summed E-state index contributed by atoms with van der Waals surface area (Å²) >= 11 is 1.46. The van der Waals surface area contributed by atoms with Crippen LogP contribution in [-0.4, -0.2) is 42.0 Å². The number of nitrogens with zero attached hydrogens (tertiary/aromatic N) is 3. The largest absolute Gasteiger partial charge is 0.383 e. The van der Waals surface area contributed by atoms with Crippen molar-refractivity contribution in [2.24, 2.45) is 11.1 Å². The van der Waals surface area contributed by atoms with Crippen LogP contribution < -0.4 is 16.0 Å². The molecule has 3 heterocycles. The van der Waals surface area contributed by atoms with Crippen LogP contribution in [0, 0.1) is 17.0 Å². The second-order valence-electron chi connectivity index (χ2n) is 10.6. The first-order chi connectivity index (χ1) is 21.3. The van der Waals surface area contributed by atoms with Crippen molar-refractivity contribution in [3.05, 3.63) is 96.3 Å². The summed E-state index contributed by atoms with van der Waals surface area (Å²) in [6.07, 6.45) is 4.06. The molecule has 5 aromatic rings. The second kappa shape index (κ2) is 12.2. The van der Waals surface area contributed by atoms with Crippen LogP contribution in [0.4, 0.5) is 20.2 Å². The van der Waals surface area contributed by atoms with Gasteiger partial charge in [0, 0.05) is 49.4 Å². The third-order valence-electron chi connectivity index (χ3n) is 7.72. The van der Waals surface area contributed by atoms with Crippen LogP contribution in [0.15, 0.2) is 79.1 Å². The third-order valence-corrected chi connectivity index (χ3v) is 8.90. The first-order valence-corrected chi connectivity index (χ1v) is 14.9. The molecule has 1 saturated carbocycles. The van der Waals surface area contributed by atoms with Crippen molar-refractivity contribution in [1.29, 1.82) is 0 Å². The van der Waals surface area contributed by atoms with Crippen molar-refractivity contribution in [2.75, 3.05) is 25.2 Å². The van der Waals surface area contributed by atoms with Crippen molar-refractivity contribution in [3.8, 4) is 21.7 Å². The van der Waals surface area contributed by atoms with Crippen molar-refractivity contribution < 1.29 is 23.1 Å². The molecule has 11 heteroatoms. The third kappa shape index (κ3) is 5.69. The molecule has 1 aliphatic carbocycles. The molecule has 3 N–H and O–H groups in total. The average molecular weight is 614 g/mol. The molecule has 44 heavy (non-hydrogen) atoms. The van der Waals surface area contributed by atoms with Gasteiger partial charge in [-0.1, -0.05) is 6.07 Å². The topological polar surface area (TPSA) is 110 Å². The molecule has 0 bridgehead atoms. The summed E-state index contributed by atoms with van der Waals surface area (Å²) in [5.74, 6) is -2.36. The van der Waals surface area contributed by atoms with Crippen LogP contribution in [-0.2, 0) is 20.9 Å². The number of carbonyl (C=O) groups is 2. The zero-order chi connectivity index (χ0) is 30.8. The lowest BCUT2D eigenvalue weighted by atomic mass is 10.0. The predicted octanol–water partition coefficient (Wildman–Crippen LogP) is 5.97. The first kappa shape index (κ1) is 29.5. The van der Waals surface area contributed by atoms with Gasteiger partial charge in [-0.3, -0.25) is 24.5 Å². The van der Waals surface area contributed by atoms with E-state index in [1.54, 1.807) is 31.5 Å². The van der Waals surface area contributed by atoms with E-state index < -0.39 is 28.9 Å². The van der Waals surface area contributed by atoms with Crippen molar-refractivity contribution in [1.82, 2.24) is 15.3 Å². The Labute approximate surface area is 256 Å². The lowest BCUT2D eigenvalue weighted by Gasteiger charge is -2.27. The number of carbonyl (C=O) groups excluding carboxylic acids is 2. The highest BCUT2D eigenvalue weighted by Crippen LogP contribution is 2.49. The van der Waals surface area contributed by atoms with Gasteiger partial charge in [0.1, 0.15) is 17.0 Å². The number of thiophene rings is 1. The van der Waals surface area contributed by atoms with Gasteiger partial charge in [-0.15, -0.1) is 11.3 Å². The Balaban J connectivity index is 1.32. The lowest BCUT2D eigenvalue weighted by Crippen LogP contribution is -2.41. The Bertz CT molecular complexity index is 1840. The minimum absolute atomic E-state index is 0.202.